The summed E-state index contributed by atoms with van der Waals surface area (Å²) in [6, 6.07) is 0. The first kappa shape index (κ1) is 17.1. The molecule has 0 amide bonds. The maximum absolute atomic E-state index is 13.0. The lowest BCUT2D eigenvalue weighted by molar-refractivity contribution is -0.519. The van der Waals surface area contributed by atoms with Gasteiger partial charge in [-0.15, -0.1) is 13.2 Å². The third-order valence-corrected chi connectivity index (χ3v) is 1.59. The molecule has 0 aliphatic heterocycles. The van der Waals surface area contributed by atoms with Crippen molar-refractivity contribution in [2.75, 3.05) is 0 Å². The summed E-state index contributed by atoms with van der Waals surface area (Å²) in [6.45, 7) is 0. The van der Waals surface area contributed by atoms with E-state index in [2.05, 4.69) is 21.3 Å². The first-order chi connectivity index (χ1) is 7.30. The lowest BCUT2D eigenvalue weighted by Gasteiger charge is -2.30. The van der Waals surface area contributed by atoms with Gasteiger partial charge in [0, 0.05) is 16.1 Å². The Kier molecular flexibility index (Phi) is 5.41. The van der Waals surface area contributed by atoms with E-state index in [0.29, 0.717) is 0 Å². The normalized spacial score (nSPS) is 17.6. The summed E-state index contributed by atoms with van der Waals surface area (Å²) in [5.41, 5.74) is 0. The van der Waals surface area contributed by atoms with Crippen molar-refractivity contribution in [2.45, 2.75) is 25.1 Å². The lowest BCUT2D eigenvalue weighted by Crippen LogP contribution is -2.50. The summed E-state index contributed by atoms with van der Waals surface area (Å²) in [5.74, 6) is 0. The van der Waals surface area contributed by atoms with E-state index < -0.39 is 28.5 Å². The van der Waals surface area contributed by atoms with Crippen LogP contribution in [-0.2, 0) is 9.47 Å². The highest BCUT2D eigenvalue weighted by molar-refractivity contribution is 9.08. The molecule has 0 saturated carbocycles. The molecule has 0 heterocycles. The van der Waals surface area contributed by atoms with Crippen molar-refractivity contribution in [1.29, 1.82) is 0 Å². The lowest BCUT2D eigenvalue weighted by atomic mass is 10.6. The molecule has 0 saturated heterocycles. The van der Waals surface area contributed by atoms with Crippen molar-refractivity contribution in [1.82, 2.24) is 3.45 Å². The quantitative estimate of drug-likeness (QED) is 0.322. The van der Waals surface area contributed by atoms with Crippen LogP contribution in [0.1, 0.15) is 0 Å². The van der Waals surface area contributed by atoms with Crippen molar-refractivity contribution < 1.29 is 44.6 Å². The van der Waals surface area contributed by atoms with Crippen LogP contribution in [0.5, 0.6) is 0 Å². The van der Waals surface area contributed by atoms with E-state index in [-0.39, 0.29) is 0 Å². The second-order valence-corrected chi connectivity index (χ2v) is 3.71. The van der Waals surface area contributed by atoms with Gasteiger partial charge in [-0.25, -0.2) is 18.3 Å². The molecule has 0 bridgehead atoms. The van der Waals surface area contributed by atoms with Crippen LogP contribution >= 0.6 is 27.9 Å². The summed E-state index contributed by atoms with van der Waals surface area (Å²) in [5, 5.41) is 0. The van der Waals surface area contributed by atoms with Gasteiger partial charge in [-0.05, 0) is 11.8 Å². The summed E-state index contributed by atoms with van der Waals surface area (Å²) < 4.78 is 99.5. The van der Waals surface area contributed by atoms with E-state index in [1.54, 1.807) is 16.1 Å². The SMILES string of the molecule is FC(F)C(F)(F)OC(F)(OC(F)(F)F)N(Cl)Br. The van der Waals surface area contributed by atoms with E-state index in [1.165, 1.54) is 0 Å². The highest BCUT2D eigenvalue weighted by Crippen LogP contribution is 2.39. The van der Waals surface area contributed by atoms with Crippen LogP contribution in [0.3, 0.4) is 0 Å². The molecule has 0 aromatic rings. The van der Waals surface area contributed by atoms with Crippen molar-refractivity contribution in [3.05, 3.63) is 0 Å². The molecule has 3 nitrogen and oxygen atoms in total. The Morgan fingerprint density at radius 2 is 1.41 bits per heavy atom. The molecule has 0 radical (unpaired) electrons. The second-order valence-electron chi connectivity index (χ2n) is 2.25. The average molecular weight is 362 g/mol. The zero-order valence-corrected chi connectivity index (χ0v) is 9.46. The molecular formula is C4HBrClF8NO2. The van der Waals surface area contributed by atoms with Gasteiger partial charge in [0.2, 0.25) is 0 Å². The fourth-order valence-electron chi connectivity index (χ4n) is 0.445. The molecule has 0 aromatic heterocycles. The third-order valence-electron chi connectivity index (χ3n) is 0.960. The van der Waals surface area contributed by atoms with Crippen LogP contribution in [0.15, 0.2) is 0 Å². The Morgan fingerprint density at radius 3 is 1.65 bits per heavy atom. The number of alkyl halides is 8. The smallest absolute Gasteiger partial charge is 0.238 e. The molecule has 0 spiro atoms. The Morgan fingerprint density at radius 1 is 1.00 bits per heavy atom. The van der Waals surface area contributed by atoms with E-state index in [1.807, 2.05) is 0 Å². The molecule has 0 aromatic carbocycles. The average Bonchev–Trinajstić information content (AvgIpc) is 1.97. The predicted molar refractivity (Wildman–Crippen MR) is 39.6 cm³/mol. The Hall–Kier alpha value is 0.0900. The molecule has 0 aliphatic carbocycles. The van der Waals surface area contributed by atoms with Crippen LogP contribution in [-0.4, -0.2) is 28.5 Å². The van der Waals surface area contributed by atoms with Gasteiger partial charge in [0.15, 0.2) is 0 Å². The van der Waals surface area contributed by atoms with Gasteiger partial charge >= 0.3 is 25.1 Å². The number of halogens is 10. The molecule has 13 heteroatoms. The van der Waals surface area contributed by atoms with E-state index in [0.717, 1.165) is 0 Å². The second kappa shape index (κ2) is 5.38. The molecule has 1 atom stereocenters. The Labute approximate surface area is 102 Å². The van der Waals surface area contributed by atoms with Gasteiger partial charge in [-0.2, -0.15) is 13.2 Å². The van der Waals surface area contributed by atoms with Gasteiger partial charge < -0.3 is 0 Å². The number of nitrogens with zero attached hydrogens (tertiary/aromatic N) is 1. The zero-order valence-electron chi connectivity index (χ0n) is 7.12. The summed E-state index contributed by atoms with van der Waals surface area (Å²) in [4.78, 5) is 0. The van der Waals surface area contributed by atoms with Crippen molar-refractivity contribution in [2.24, 2.45) is 0 Å². The minimum Gasteiger partial charge on any atom is -0.238 e. The number of ether oxygens (including phenoxy) is 2. The van der Waals surface area contributed by atoms with Gasteiger partial charge in [0.05, 0.1) is 0 Å². The summed E-state index contributed by atoms with van der Waals surface area (Å²) in [7, 11) is 0. The largest absolute Gasteiger partial charge is 0.528 e. The first-order valence-electron chi connectivity index (χ1n) is 3.24. The maximum Gasteiger partial charge on any atom is 0.528 e. The van der Waals surface area contributed by atoms with Crippen LogP contribution in [0.4, 0.5) is 35.1 Å². The minimum absolute atomic E-state index is 0.941. The van der Waals surface area contributed by atoms with Crippen LogP contribution in [0.25, 0.3) is 0 Å². The standard InChI is InChI=1S/C4HBrClF8NO2/c5-15(6)4(14,17-3(11,12)13)16-2(9,10)1(7)8/h1H. The van der Waals surface area contributed by atoms with Crippen molar-refractivity contribution in [3.63, 3.8) is 0 Å². The Bertz CT molecular complexity index is 262. The molecular weight excluding hydrogens is 361 g/mol. The minimum atomic E-state index is -5.81. The molecule has 0 fully saturated rings. The van der Waals surface area contributed by atoms with Gasteiger partial charge in [0.1, 0.15) is 0 Å². The fourth-order valence-corrected chi connectivity index (χ4v) is 0.659. The number of hydrogen-bond donors (Lipinski definition) is 0. The maximum atomic E-state index is 13.0. The monoisotopic (exact) mass is 361 g/mol. The first-order valence-corrected chi connectivity index (χ1v) is 4.28. The molecule has 0 aliphatic rings. The van der Waals surface area contributed by atoms with Gasteiger partial charge in [-0.1, -0.05) is 3.45 Å². The van der Waals surface area contributed by atoms with E-state index >= 15 is 0 Å². The number of rotatable bonds is 5. The predicted octanol–water partition coefficient (Wildman–Crippen LogP) is 3.74. The van der Waals surface area contributed by atoms with Gasteiger partial charge in [-0.3, -0.25) is 0 Å². The third kappa shape index (κ3) is 5.50. The fraction of sp³-hybridized carbons (Fsp3) is 1.00. The molecule has 17 heavy (non-hydrogen) atoms. The zero-order chi connectivity index (χ0) is 14.1. The molecule has 104 valence electrons. The molecule has 1 unspecified atom stereocenters. The van der Waals surface area contributed by atoms with Crippen LogP contribution in [0, 0.1) is 0 Å². The molecule has 0 rings (SSSR count). The topological polar surface area (TPSA) is 21.7 Å². The summed E-state index contributed by atoms with van der Waals surface area (Å²) in [6.07, 6.45) is -20.9. The van der Waals surface area contributed by atoms with E-state index in [9.17, 15) is 35.1 Å². The van der Waals surface area contributed by atoms with Crippen molar-refractivity contribution in [3.8, 4) is 0 Å². The molecule has 0 N–H and O–H groups in total. The van der Waals surface area contributed by atoms with Crippen molar-refractivity contribution >= 4 is 27.9 Å². The van der Waals surface area contributed by atoms with Crippen LogP contribution < -0.4 is 0 Å². The Balaban J connectivity index is 4.99. The highest BCUT2D eigenvalue weighted by atomic mass is 79.9. The van der Waals surface area contributed by atoms with Crippen LogP contribution in [0.2, 0.25) is 0 Å². The summed E-state index contributed by atoms with van der Waals surface area (Å²) >= 11 is 6.30. The highest BCUT2D eigenvalue weighted by Gasteiger charge is 2.58. The van der Waals surface area contributed by atoms with E-state index in [4.69, 9.17) is 0 Å². The van der Waals surface area contributed by atoms with Gasteiger partial charge in [0.25, 0.3) is 0 Å². The number of hydrogen-bond acceptors (Lipinski definition) is 3.